The Hall–Kier alpha value is -5.20. The van der Waals surface area contributed by atoms with Crippen molar-refractivity contribution >= 4 is 43.1 Å². The predicted octanol–water partition coefficient (Wildman–Crippen LogP) is 11.3. The first-order valence-corrected chi connectivity index (χ1v) is 11.8. The summed E-state index contributed by atoms with van der Waals surface area (Å²) in [7, 11) is 0. The molecule has 0 nitrogen and oxygen atoms in total. The van der Waals surface area contributed by atoms with Crippen LogP contribution in [0.5, 0.6) is 0 Å². The molecule has 40 heavy (non-hydrogen) atoms. The standard InChI is InChI=1S/C40H26/c1-3-18-31-27(12-1)14-10-24-33(31)29-16-9-17-30(26-29)39-35-20-5-7-22-37(35)40(38-23-8-6-21-36(38)39)34-25-11-15-28-13-2-4-19-32(28)34/h1-26H/i1D,2D,3D,4D,5D,6D,7D,8D,9D,10D,11D,12D,13D,14D,15D,16D,17D,18D,19D,20D,21D,22D,23D,24D,25D,26D. The minimum Gasteiger partial charge on any atom is -0.0616 e. The molecule has 186 valence electrons. The lowest BCUT2D eigenvalue weighted by atomic mass is 9.84. The van der Waals surface area contributed by atoms with Crippen LogP contribution < -0.4 is 0 Å². The summed E-state index contributed by atoms with van der Waals surface area (Å²) in [5.74, 6) is 0. The minimum absolute atomic E-state index is 0.605. The van der Waals surface area contributed by atoms with Crippen molar-refractivity contribution in [1.82, 2.24) is 0 Å². The first-order valence-electron chi connectivity index (χ1n) is 24.8. The lowest BCUT2D eigenvalue weighted by molar-refractivity contribution is 1.63. The summed E-state index contributed by atoms with van der Waals surface area (Å²) in [6, 6.07) is -24.6. The zero-order valence-electron chi connectivity index (χ0n) is 46.0. The number of fused-ring (bicyclic) bond motifs is 4. The monoisotopic (exact) mass is 532 g/mol. The summed E-state index contributed by atoms with van der Waals surface area (Å²) < 4.78 is 231. The molecular weight excluding hydrogens is 480 g/mol. The summed E-state index contributed by atoms with van der Waals surface area (Å²) in [6.07, 6.45) is 0. The Labute approximate surface area is 270 Å². The van der Waals surface area contributed by atoms with Crippen molar-refractivity contribution in [2.24, 2.45) is 0 Å². The molecule has 0 saturated carbocycles. The van der Waals surface area contributed by atoms with Crippen LogP contribution in [0.25, 0.3) is 76.5 Å². The molecular formula is C40H26. The van der Waals surface area contributed by atoms with Gasteiger partial charge in [-0.2, -0.15) is 0 Å². The molecule has 0 aliphatic carbocycles. The third-order valence-corrected chi connectivity index (χ3v) is 6.38. The van der Waals surface area contributed by atoms with E-state index in [1.54, 1.807) is 0 Å². The van der Waals surface area contributed by atoms with Gasteiger partial charge in [-0.15, -0.1) is 0 Å². The third-order valence-electron chi connectivity index (χ3n) is 6.38. The average Bonchev–Trinajstić information content (AvgIpc) is 3.28. The maximum absolute atomic E-state index is 9.76. The van der Waals surface area contributed by atoms with Crippen LogP contribution in [0.4, 0.5) is 0 Å². The van der Waals surface area contributed by atoms with E-state index in [9.17, 15) is 9.60 Å². The summed E-state index contributed by atoms with van der Waals surface area (Å²) >= 11 is 0. The highest BCUT2D eigenvalue weighted by Crippen LogP contribution is 2.45. The number of hydrogen-bond donors (Lipinski definition) is 0. The molecule has 0 saturated heterocycles. The van der Waals surface area contributed by atoms with Gasteiger partial charge in [0, 0.05) is 0 Å². The van der Waals surface area contributed by atoms with Crippen molar-refractivity contribution < 1.29 is 35.6 Å². The quantitative estimate of drug-likeness (QED) is 0.198. The molecule has 0 atom stereocenters. The highest BCUT2D eigenvalue weighted by atomic mass is 14.2. The average molecular weight is 533 g/mol. The van der Waals surface area contributed by atoms with Gasteiger partial charge in [-0.25, -0.2) is 0 Å². The van der Waals surface area contributed by atoms with Crippen LogP contribution in [0, 0.1) is 0 Å². The Balaban J connectivity index is 1.77. The van der Waals surface area contributed by atoms with Crippen molar-refractivity contribution in [3.8, 4) is 33.4 Å². The molecule has 0 aliphatic heterocycles. The van der Waals surface area contributed by atoms with Crippen LogP contribution >= 0.6 is 0 Å². The maximum atomic E-state index is 9.76. The van der Waals surface area contributed by atoms with Gasteiger partial charge in [-0.1, -0.05) is 151 Å². The largest absolute Gasteiger partial charge is 0.0636 e. The van der Waals surface area contributed by atoms with Gasteiger partial charge in [0.1, 0.15) is 0 Å². The minimum atomic E-state index is -1.07. The predicted molar refractivity (Wildman–Crippen MR) is 173 cm³/mol. The van der Waals surface area contributed by atoms with Crippen LogP contribution in [0.3, 0.4) is 0 Å². The Morgan fingerprint density at radius 1 is 0.300 bits per heavy atom. The Morgan fingerprint density at radius 3 is 1.30 bits per heavy atom. The zero-order chi connectivity index (χ0) is 49.1. The molecule has 0 fully saturated rings. The van der Waals surface area contributed by atoms with Gasteiger partial charge in [-0.05, 0) is 82.5 Å². The van der Waals surface area contributed by atoms with Gasteiger partial charge in [0.15, 0.2) is 0 Å². The van der Waals surface area contributed by atoms with E-state index in [0.29, 0.717) is 0 Å². The van der Waals surface area contributed by atoms with E-state index in [1.807, 2.05) is 0 Å². The first-order chi connectivity index (χ1) is 30.7. The molecule has 8 rings (SSSR count). The van der Waals surface area contributed by atoms with E-state index < -0.39 is 234 Å². The Bertz CT molecular complexity index is 3550. The molecule has 0 heterocycles. The van der Waals surface area contributed by atoms with Gasteiger partial charge in [0.25, 0.3) is 0 Å². The van der Waals surface area contributed by atoms with Crippen LogP contribution in [-0.4, -0.2) is 0 Å². The van der Waals surface area contributed by atoms with Gasteiger partial charge in [-0.3, -0.25) is 0 Å². The molecule has 0 bridgehead atoms. The van der Waals surface area contributed by atoms with E-state index in [-0.39, 0.29) is 0 Å². The molecule has 0 heteroatoms. The van der Waals surface area contributed by atoms with Crippen molar-refractivity contribution in [3.63, 3.8) is 0 Å². The zero-order valence-corrected chi connectivity index (χ0v) is 20.0. The van der Waals surface area contributed by atoms with Crippen LogP contribution in [0.15, 0.2) is 157 Å². The molecule has 0 amide bonds. The van der Waals surface area contributed by atoms with Gasteiger partial charge in [0.05, 0.1) is 35.6 Å². The topological polar surface area (TPSA) is 0 Å². The van der Waals surface area contributed by atoms with E-state index in [1.165, 1.54) is 0 Å². The van der Waals surface area contributed by atoms with Gasteiger partial charge < -0.3 is 0 Å². The molecule has 0 aliphatic rings. The molecule has 0 aromatic heterocycles. The summed E-state index contributed by atoms with van der Waals surface area (Å²) in [5, 5.41) is -5.47. The van der Waals surface area contributed by atoms with Crippen molar-refractivity contribution in [2.75, 3.05) is 0 Å². The van der Waals surface area contributed by atoms with Gasteiger partial charge in [0.2, 0.25) is 0 Å². The molecule has 8 aromatic carbocycles. The van der Waals surface area contributed by atoms with E-state index >= 15 is 0 Å². The highest BCUT2D eigenvalue weighted by molar-refractivity contribution is 6.23. The lowest BCUT2D eigenvalue weighted by Crippen LogP contribution is -1.92. The van der Waals surface area contributed by atoms with Crippen LogP contribution in [-0.2, 0) is 0 Å². The highest BCUT2D eigenvalue weighted by Gasteiger charge is 2.18. The normalized spacial score (nSPS) is 20.6. The molecule has 8 aromatic rings. The summed E-state index contributed by atoms with van der Waals surface area (Å²) in [4.78, 5) is 0. The van der Waals surface area contributed by atoms with Crippen molar-refractivity contribution in [2.45, 2.75) is 0 Å². The smallest absolute Gasteiger partial charge is 0.0616 e. The van der Waals surface area contributed by atoms with Crippen molar-refractivity contribution in [3.05, 3.63) is 157 Å². The SMILES string of the molecule is [2H]c1c([2H])c(-c2c([2H])c([2H])c([2H])c3c([2H])c([2H])c([2H])c([2H])c23)c([2H])c(-c2c3c([2H])c([2H])c([2H])c([2H])c3c(-c3c([2H])c([2H])c([2H])c4c([2H])c([2H])c([2H])c([2H])c34)c3c([2H])c([2H])c([2H])c([2H])c23)c1[2H]. The fraction of sp³-hybridized carbons (Fsp3) is 0. The van der Waals surface area contributed by atoms with Crippen LogP contribution in [0.2, 0.25) is 0 Å². The summed E-state index contributed by atoms with van der Waals surface area (Å²) in [5.41, 5.74) is -4.64. The number of benzene rings is 8. The van der Waals surface area contributed by atoms with E-state index in [0.717, 1.165) is 0 Å². The van der Waals surface area contributed by atoms with E-state index in [4.69, 9.17) is 26.0 Å². The number of hydrogen-bond acceptors (Lipinski definition) is 0. The second-order valence-corrected chi connectivity index (χ2v) is 8.50. The third kappa shape index (κ3) is 3.54. The Morgan fingerprint density at radius 2 is 0.700 bits per heavy atom. The lowest BCUT2D eigenvalue weighted by Gasteiger charge is -2.19. The maximum Gasteiger partial charge on any atom is 0.0636 e. The molecule has 0 N–H and O–H groups in total. The Kier molecular flexibility index (Phi) is 1.99. The second kappa shape index (κ2) is 9.22. The molecule has 0 spiro atoms. The first kappa shape index (κ1) is 8.65. The van der Waals surface area contributed by atoms with Crippen LogP contribution in [0.1, 0.15) is 35.6 Å². The number of rotatable bonds is 3. The molecule has 0 unspecified atom stereocenters. The van der Waals surface area contributed by atoms with E-state index in [2.05, 4.69) is 0 Å². The summed E-state index contributed by atoms with van der Waals surface area (Å²) in [6.45, 7) is 0. The second-order valence-electron chi connectivity index (χ2n) is 8.50. The fourth-order valence-electron chi connectivity index (χ4n) is 4.72. The molecule has 0 radical (unpaired) electrons. The van der Waals surface area contributed by atoms with Gasteiger partial charge >= 0.3 is 0 Å². The van der Waals surface area contributed by atoms with Crippen molar-refractivity contribution in [1.29, 1.82) is 0 Å². The fourth-order valence-corrected chi connectivity index (χ4v) is 4.72.